The van der Waals surface area contributed by atoms with Crippen molar-refractivity contribution in [3.05, 3.63) is 23.8 Å². The molecule has 0 spiro atoms. The van der Waals surface area contributed by atoms with E-state index in [9.17, 15) is 9.59 Å². The fraction of sp³-hybridized carbons (Fsp3) is 0.467. The number of rotatable bonds is 10. The molecular weight excluding hydrogens is 306 g/mol. The first-order valence-electron chi connectivity index (χ1n) is 6.83. The van der Waals surface area contributed by atoms with Crippen LogP contribution in [0.1, 0.15) is 12.0 Å². The lowest BCUT2D eigenvalue weighted by Gasteiger charge is -2.09. The molecule has 2 N–H and O–H groups in total. The van der Waals surface area contributed by atoms with E-state index in [0.29, 0.717) is 36.6 Å². The lowest BCUT2D eigenvalue weighted by atomic mass is 10.1. The molecule has 0 saturated heterocycles. The number of amides is 1. The van der Waals surface area contributed by atoms with Crippen LogP contribution in [0.25, 0.3) is 0 Å². The SMILES string of the molecule is COc1cc(CCC(=O)NCCSCC(=O)O)cc(OC)c1. The summed E-state index contributed by atoms with van der Waals surface area (Å²) in [6.07, 6.45) is 0.946. The van der Waals surface area contributed by atoms with Crippen molar-refractivity contribution in [3.63, 3.8) is 0 Å². The number of benzene rings is 1. The summed E-state index contributed by atoms with van der Waals surface area (Å²) in [7, 11) is 3.17. The van der Waals surface area contributed by atoms with E-state index < -0.39 is 5.97 Å². The molecule has 0 atom stereocenters. The second kappa shape index (κ2) is 9.94. The zero-order chi connectivity index (χ0) is 16.4. The Morgan fingerprint density at radius 1 is 1.18 bits per heavy atom. The van der Waals surface area contributed by atoms with Crippen molar-refractivity contribution in [2.75, 3.05) is 32.3 Å². The first-order valence-corrected chi connectivity index (χ1v) is 7.98. The Bertz CT molecular complexity index is 484. The summed E-state index contributed by atoms with van der Waals surface area (Å²) in [6.45, 7) is 0.470. The van der Waals surface area contributed by atoms with Crippen molar-refractivity contribution < 1.29 is 24.2 Å². The van der Waals surface area contributed by atoms with E-state index in [-0.39, 0.29) is 11.7 Å². The van der Waals surface area contributed by atoms with Gasteiger partial charge in [-0.1, -0.05) is 0 Å². The summed E-state index contributed by atoms with van der Waals surface area (Å²) < 4.78 is 10.4. The third-order valence-corrected chi connectivity index (χ3v) is 3.79. The monoisotopic (exact) mass is 327 g/mol. The lowest BCUT2D eigenvalue weighted by molar-refractivity contribution is -0.133. The Morgan fingerprint density at radius 2 is 1.82 bits per heavy atom. The number of aryl methyl sites for hydroxylation is 1. The van der Waals surface area contributed by atoms with Gasteiger partial charge in [0.1, 0.15) is 11.5 Å². The van der Waals surface area contributed by atoms with Crippen molar-refractivity contribution in [1.82, 2.24) is 5.32 Å². The van der Waals surface area contributed by atoms with E-state index in [0.717, 1.165) is 5.56 Å². The quantitative estimate of drug-likeness (QED) is 0.635. The number of hydrogen-bond donors (Lipinski definition) is 2. The van der Waals surface area contributed by atoms with Gasteiger partial charge in [0.2, 0.25) is 5.91 Å². The van der Waals surface area contributed by atoms with Crippen molar-refractivity contribution in [2.45, 2.75) is 12.8 Å². The molecule has 0 aliphatic rings. The minimum atomic E-state index is -0.844. The molecule has 0 bridgehead atoms. The Balaban J connectivity index is 2.33. The Hall–Kier alpha value is -1.89. The van der Waals surface area contributed by atoms with Gasteiger partial charge in [-0.15, -0.1) is 11.8 Å². The molecule has 0 aliphatic carbocycles. The fourth-order valence-electron chi connectivity index (χ4n) is 1.78. The van der Waals surface area contributed by atoms with Gasteiger partial charge in [0.05, 0.1) is 20.0 Å². The lowest BCUT2D eigenvalue weighted by Crippen LogP contribution is -2.26. The van der Waals surface area contributed by atoms with Crippen LogP contribution in [-0.2, 0) is 16.0 Å². The molecule has 0 fully saturated rings. The van der Waals surface area contributed by atoms with E-state index in [4.69, 9.17) is 14.6 Å². The van der Waals surface area contributed by atoms with E-state index >= 15 is 0 Å². The summed E-state index contributed by atoms with van der Waals surface area (Å²) in [5, 5.41) is 11.3. The molecule has 1 amide bonds. The third-order valence-electron chi connectivity index (χ3n) is 2.85. The third kappa shape index (κ3) is 7.21. The highest BCUT2D eigenvalue weighted by Gasteiger charge is 2.06. The summed E-state index contributed by atoms with van der Waals surface area (Å²) in [5.74, 6) is 1.13. The van der Waals surface area contributed by atoms with Gasteiger partial charge in [-0.2, -0.15) is 0 Å². The molecule has 0 saturated carbocycles. The predicted molar refractivity (Wildman–Crippen MR) is 85.8 cm³/mol. The summed E-state index contributed by atoms with van der Waals surface area (Å²) >= 11 is 1.28. The van der Waals surface area contributed by atoms with Crippen molar-refractivity contribution in [2.24, 2.45) is 0 Å². The summed E-state index contributed by atoms with van der Waals surface area (Å²) in [5.41, 5.74) is 0.964. The summed E-state index contributed by atoms with van der Waals surface area (Å²) in [6, 6.07) is 5.53. The number of carbonyl (C=O) groups excluding carboxylic acids is 1. The smallest absolute Gasteiger partial charge is 0.313 e. The van der Waals surface area contributed by atoms with Crippen molar-refractivity contribution >= 4 is 23.6 Å². The van der Waals surface area contributed by atoms with Crippen LogP contribution in [0.3, 0.4) is 0 Å². The van der Waals surface area contributed by atoms with Crippen LogP contribution in [0.5, 0.6) is 11.5 Å². The number of methoxy groups -OCH3 is 2. The van der Waals surface area contributed by atoms with Gasteiger partial charge in [0.15, 0.2) is 0 Å². The minimum absolute atomic E-state index is 0.0550. The van der Waals surface area contributed by atoms with Crippen LogP contribution in [0, 0.1) is 0 Å². The van der Waals surface area contributed by atoms with Gasteiger partial charge in [0, 0.05) is 24.8 Å². The average Bonchev–Trinajstić information content (AvgIpc) is 2.51. The zero-order valence-electron chi connectivity index (χ0n) is 12.8. The van der Waals surface area contributed by atoms with Crippen LogP contribution in [0.15, 0.2) is 18.2 Å². The second-order valence-corrected chi connectivity index (χ2v) is 5.62. The molecule has 7 heteroatoms. The maximum atomic E-state index is 11.7. The highest BCUT2D eigenvalue weighted by atomic mass is 32.2. The molecule has 1 aromatic carbocycles. The molecule has 0 radical (unpaired) electrons. The Morgan fingerprint density at radius 3 is 2.36 bits per heavy atom. The van der Waals surface area contributed by atoms with Gasteiger partial charge in [-0.25, -0.2) is 0 Å². The first-order chi connectivity index (χ1) is 10.5. The van der Waals surface area contributed by atoms with E-state index in [1.807, 2.05) is 12.1 Å². The number of ether oxygens (including phenoxy) is 2. The average molecular weight is 327 g/mol. The molecule has 122 valence electrons. The number of carbonyl (C=O) groups is 2. The molecule has 0 unspecified atom stereocenters. The Labute approximate surface area is 134 Å². The standard InChI is InChI=1S/C15H21NO5S/c1-20-12-7-11(8-13(9-12)21-2)3-4-14(17)16-5-6-22-10-15(18)19/h7-9H,3-6,10H2,1-2H3,(H,16,17)(H,18,19). The zero-order valence-corrected chi connectivity index (χ0v) is 13.6. The van der Waals surface area contributed by atoms with Gasteiger partial charge >= 0.3 is 5.97 Å². The largest absolute Gasteiger partial charge is 0.497 e. The topological polar surface area (TPSA) is 84.9 Å². The number of aliphatic carboxylic acids is 1. The molecule has 22 heavy (non-hydrogen) atoms. The number of thioether (sulfide) groups is 1. The second-order valence-electron chi connectivity index (χ2n) is 4.52. The number of hydrogen-bond acceptors (Lipinski definition) is 5. The fourth-order valence-corrected chi connectivity index (χ4v) is 2.34. The number of carboxylic acid groups (broad SMARTS) is 1. The number of carboxylic acids is 1. The van der Waals surface area contributed by atoms with Gasteiger partial charge in [-0.05, 0) is 24.1 Å². The van der Waals surface area contributed by atoms with Crippen molar-refractivity contribution in [1.29, 1.82) is 0 Å². The molecule has 0 aromatic heterocycles. The van der Waals surface area contributed by atoms with E-state index in [1.165, 1.54) is 11.8 Å². The predicted octanol–water partition coefficient (Wildman–Crippen LogP) is 1.57. The molecule has 0 aliphatic heterocycles. The molecule has 0 heterocycles. The van der Waals surface area contributed by atoms with E-state index in [1.54, 1.807) is 20.3 Å². The van der Waals surface area contributed by atoms with Crippen LogP contribution >= 0.6 is 11.8 Å². The first kappa shape index (κ1) is 18.2. The van der Waals surface area contributed by atoms with Crippen LogP contribution in [0.4, 0.5) is 0 Å². The van der Waals surface area contributed by atoms with Gasteiger partial charge in [-0.3, -0.25) is 9.59 Å². The van der Waals surface area contributed by atoms with Gasteiger partial charge in [0.25, 0.3) is 0 Å². The Kier molecular flexibility index (Phi) is 8.21. The van der Waals surface area contributed by atoms with Crippen molar-refractivity contribution in [3.8, 4) is 11.5 Å². The minimum Gasteiger partial charge on any atom is -0.497 e. The van der Waals surface area contributed by atoms with Crippen LogP contribution in [-0.4, -0.2) is 49.3 Å². The molecular formula is C15H21NO5S. The highest BCUT2D eigenvalue weighted by Crippen LogP contribution is 2.23. The maximum absolute atomic E-state index is 11.7. The maximum Gasteiger partial charge on any atom is 0.313 e. The molecule has 1 aromatic rings. The van der Waals surface area contributed by atoms with Gasteiger partial charge < -0.3 is 19.9 Å². The van der Waals surface area contributed by atoms with Crippen LogP contribution < -0.4 is 14.8 Å². The number of nitrogens with one attached hydrogen (secondary N) is 1. The van der Waals surface area contributed by atoms with E-state index in [2.05, 4.69) is 5.32 Å². The molecule has 6 nitrogen and oxygen atoms in total. The summed E-state index contributed by atoms with van der Waals surface area (Å²) in [4.78, 5) is 22.1. The highest BCUT2D eigenvalue weighted by molar-refractivity contribution is 7.99. The normalized spacial score (nSPS) is 10.1. The molecule has 1 rings (SSSR count). The van der Waals surface area contributed by atoms with Crippen LogP contribution in [0.2, 0.25) is 0 Å².